The second-order valence-corrected chi connectivity index (χ2v) is 4.29. The summed E-state index contributed by atoms with van der Waals surface area (Å²) in [4.78, 5) is 0. The maximum atomic E-state index is 13.4. The van der Waals surface area contributed by atoms with Crippen LogP contribution in [0.15, 0.2) is 18.2 Å². The van der Waals surface area contributed by atoms with Crippen LogP contribution in [-0.2, 0) is 9.47 Å². The molecule has 19 heavy (non-hydrogen) atoms. The smallest absolute Gasteiger partial charge is 0.146 e. The molecule has 0 bridgehead atoms. The van der Waals surface area contributed by atoms with Crippen LogP contribution in [0.5, 0.6) is 0 Å². The number of rotatable bonds is 9. The van der Waals surface area contributed by atoms with Gasteiger partial charge in [-0.1, -0.05) is 6.07 Å². The Bertz CT molecular complexity index is 374. The van der Waals surface area contributed by atoms with E-state index < -0.39 is 6.10 Å². The second-order valence-electron chi connectivity index (χ2n) is 4.29. The number of halogens is 1. The van der Waals surface area contributed by atoms with Gasteiger partial charge >= 0.3 is 0 Å². The van der Waals surface area contributed by atoms with Crippen molar-refractivity contribution in [1.82, 2.24) is 0 Å². The summed E-state index contributed by atoms with van der Waals surface area (Å²) in [6.45, 7) is 5.86. The Labute approximate surface area is 113 Å². The SMILES string of the molecule is CCOCCOCC(O)CNc1cc(C)ccc1F. The lowest BCUT2D eigenvalue weighted by Gasteiger charge is -2.14. The van der Waals surface area contributed by atoms with Gasteiger partial charge in [0.15, 0.2) is 0 Å². The van der Waals surface area contributed by atoms with E-state index >= 15 is 0 Å². The van der Waals surface area contributed by atoms with Gasteiger partial charge in [0, 0.05) is 13.2 Å². The normalized spacial score (nSPS) is 12.4. The van der Waals surface area contributed by atoms with Gasteiger partial charge in [-0.3, -0.25) is 0 Å². The number of aliphatic hydroxyl groups excluding tert-OH is 1. The van der Waals surface area contributed by atoms with Crippen molar-refractivity contribution in [2.45, 2.75) is 20.0 Å². The number of anilines is 1. The van der Waals surface area contributed by atoms with Crippen LogP contribution in [-0.4, -0.2) is 44.2 Å². The van der Waals surface area contributed by atoms with Gasteiger partial charge in [-0.15, -0.1) is 0 Å². The lowest BCUT2D eigenvalue weighted by atomic mass is 10.2. The van der Waals surface area contributed by atoms with Crippen molar-refractivity contribution in [3.63, 3.8) is 0 Å². The molecular weight excluding hydrogens is 249 g/mol. The fourth-order valence-electron chi connectivity index (χ4n) is 1.54. The van der Waals surface area contributed by atoms with Gasteiger partial charge < -0.3 is 19.9 Å². The topological polar surface area (TPSA) is 50.7 Å². The zero-order chi connectivity index (χ0) is 14.1. The minimum atomic E-state index is -0.679. The third-order valence-corrected chi connectivity index (χ3v) is 2.54. The third-order valence-electron chi connectivity index (χ3n) is 2.54. The van der Waals surface area contributed by atoms with Crippen molar-refractivity contribution in [1.29, 1.82) is 0 Å². The molecule has 4 nitrogen and oxygen atoms in total. The minimum Gasteiger partial charge on any atom is -0.389 e. The predicted octanol–water partition coefficient (Wildman–Crippen LogP) is 1.96. The van der Waals surface area contributed by atoms with E-state index in [1.807, 2.05) is 13.8 Å². The number of benzene rings is 1. The molecule has 0 aliphatic carbocycles. The van der Waals surface area contributed by atoms with Crippen LogP contribution in [0, 0.1) is 12.7 Å². The number of ether oxygens (including phenoxy) is 2. The van der Waals surface area contributed by atoms with Gasteiger partial charge in [0.05, 0.1) is 31.6 Å². The number of hydrogen-bond acceptors (Lipinski definition) is 4. The fourth-order valence-corrected chi connectivity index (χ4v) is 1.54. The van der Waals surface area contributed by atoms with Crippen molar-refractivity contribution in [3.05, 3.63) is 29.6 Å². The molecule has 0 saturated heterocycles. The molecule has 1 aromatic carbocycles. The Morgan fingerprint density at radius 3 is 2.79 bits per heavy atom. The van der Waals surface area contributed by atoms with E-state index in [4.69, 9.17) is 9.47 Å². The molecule has 108 valence electrons. The van der Waals surface area contributed by atoms with E-state index in [0.29, 0.717) is 25.5 Å². The number of aryl methyl sites for hydroxylation is 1. The summed E-state index contributed by atoms with van der Waals surface area (Å²) < 4.78 is 23.8. The van der Waals surface area contributed by atoms with Crippen molar-refractivity contribution in [2.75, 3.05) is 38.3 Å². The van der Waals surface area contributed by atoms with Crippen LogP contribution in [0.1, 0.15) is 12.5 Å². The number of aliphatic hydroxyl groups is 1. The fraction of sp³-hybridized carbons (Fsp3) is 0.571. The van der Waals surface area contributed by atoms with Crippen molar-refractivity contribution in [2.24, 2.45) is 0 Å². The molecule has 0 aliphatic rings. The van der Waals surface area contributed by atoms with Crippen LogP contribution in [0.2, 0.25) is 0 Å². The summed E-state index contributed by atoms with van der Waals surface area (Å²) in [5, 5.41) is 12.5. The average Bonchev–Trinajstić information content (AvgIpc) is 2.39. The van der Waals surface area contributed by atoms with E-state index in [0.717, 1.165) is 5.56 Å². The summed E-state index contributed by atoms with van der Waals surface area (Å²) in [7, 11) is 0. The molecule has 1 aromatic rings. The Hall–Kier alpha value is -1.17. The highest BCUT2D eigenvalue weighted by molar-refractivity contribution is 5.47. The molecule has 5 heteroatoms. The predicted molar refractivity (Wildman–Crippen MR) is 72.9 cm³/mol. The molecule has 0 amide bonds. The zero-order valence-corrected chi connectivity index (χ0v) is 11.5. The quantitative estimate of drug-likeness (QED) is 0.674. The highest BCUT2D eigenvalue weighted by atomic mass is 19.1. The molecule has 0 aliphatic heterocycles. The van der Waals surface area contributed by atoms with E-state index in [9.17, 15) is 9.50 Å². The first kappa shape index (κ1) is 15.9. The monoisotopic (exact) mass is 271 g/mol. The van der Waals surface area contributed by atoms with Gasteiger partial charge in [-0.2, -0.15) is 0 Å². The van der Waals surface area contributed by atoms with Crippen LogP contribution in [0.3, 0.4) is 0 Å². The summed E-state index contributed by atoms with van der Waals surface area (Å²) in [6, 6.07) is 4.81. The lowest BCUT2D eigenvalue weighted by molar-refractivity contribution is 0.0103. The van der Waals surface area contributed by atoms with Crippen LogP contribution >= 0.6 is 0 Å². The van der Waals surface area contributed by atoms with E-state index in [2.05, 4.69) is 5.32 Å². The first-order valence-corrected chi connectivity index (χ1v) is 6.47. The maximum absolute atomic E-state index is 13.4. The Morgan fingerprint density at radius 1 is 1.32 bits per heavy atom. The zero-order valence-electron chi connectivity index (χ0n) is 11.5. The molecular formula is C14H22FNO3. The van der Waals surface area contributed by atoms with Crippen LogP contribution in [0.4, 0.5) is 10.1 Å². The van der Waals surface area contributed by atoms with Gasteiger partial charge in [0.2, 0.25) is 0 Å². The summed E-state index contributed by atoms with van der Waals surface area (Å²) in [6.07, 6.45) is -0.679. The average molecular weight is 271 g/mol. The van der Waals surface area contributed by atoms with Gasteiger partial charge in [0.25, 0.3) is 0 Å². The molecule has 1 unspecified atom stereocenters. The highest BCUT2D eigenvalue weighted by Gasteiger charge is 2.07. The van der Waals surface area contributed by atoms with Crippen molar-refractivity contribution in [3.8, 4) is 0 Å². The van der Waals surface area contributed by atoms with Gasteiger partial charge in [0.1, 0.15) is 5.82 Å². The summed E-state index contributed by atoms with van der Waals surface area (Å²) >= 11 is 0. The molecule has 1 atom stereocenters. The lowest BCUT2D eigenvalue weighted by Crippen LogP contribution is -2.26. The molecule has 0 fully saturated rings. The summed E-state index contributed by atoms with van der Waals surface area (Å²) in [5.74, 6) is -0.324. The maximum Gasteiger partial charge on any atom is 0.146 e. The largest absolute Gasteiger partial charge is 0.389 e. The van der Waals surface area contributed by atoms with E-state index in [1.165, 1.54) is 6.07 Å². The molecule has 0 heterocycles. The summed E-state index contributed by atoms with van der Waals surface area (Å²) in [5.41, 5.74) is 1.36. The highest BCUT2D eigenvalue weighted by Crippen LogP contribution is 2.15. The van der Waals surface area contributed by atoms with Crippen molar-refractivity contribution < 1.29 is 19.0 Å². The number of hydrogen-bond donors (Lipinski definition) is 2. The van der Waals surface area contributed by atoms with E-state index in [1.54, 1.807) is 12.1 Å². The van der Waals surface area contributed by atoms with Gasteiger partial charge in [-0.25, -0.2) is 4.39 Å². The molecule has 2 N–H and O–H groups in total. The number of nitrogens with one attached hydrogen (secondary N) is 1. The standard InChI is InChI=1S/C14H22FNO3/c1-3-18-6-7-19-10-12(17)9-16-14-8-11(2)4-5-13(14)15/h4-5,8,12,16-17H,3,6-7,9-10H2,1-2H3. The molecule has 0 aromatic heterocycles. The molecule has 1 rings (SSSR count). The Morgan fingerprint density at radius 2 is 2.05 bits per heavy atom. The third kappa shape index (κ3) is 6.52. The second kappa shape index (κ2) is 8.85. The van der Waals surface area contributed by atoms with Crippen LogP contribution < -0.4 is 5.32 Å². The molecule has 0 radical (unpaired) electrons. The Kier molecular flexibility index (Phi) is 7.40. The van der Waals surface area contributed by atoms with Gasteiger partial charge in [-0.05, 0) is 31.5 Å². The molecule has 0 spiro atoms. The Balaban J connectivity index is 2.22. The minimum absolute atomic E-state index is 0.202. The van der Waals surface area contributed by atoms with E-state index in [-0.39, 0.29) is 19.0 Å². The molecule has 0 saturated carbocycles. The van der Waals surface area contributed by atoms with Crippen LogP contribution in [0.25, 0.3) is 0 Å². The first-order chi connectivity index (χ1) is 9.13. The van der Waals surface area contributed by atoms with Crippen molar-refractivity contribution >= 4 is 5.69 Å². The first-order valence-electron chi connectivity index (χ1n) is 6.47.